The molecule has 3 aliphatic carbocycles. The Bertz CT molecular complexity index is 425. The van der Waals surface area contributed by atoms with E-state index in [1.807, 2.05) is 0 Å². The molecule has 0 aromatic carbocycles. The zero-order valence-electron chi connectivity index (χ0n) is 11.7. The van der Waals surface area contributed by atoms with Crippen molar-refractivity contribution in [1.29, 1.82) is 0 Å². The maximum absolute atomic E-state index is 12.7. The molecule has 5 nitrogen and oxygen atoms in total. The summed E-state index contributed by atoms with van der Waals surface area (Å²) in [7, 11) is 0. The summed E-state index contributed by atoms with van der Waals surface area (Å²) in [6, 6.07) is -0.0747. The largest absolute Gasteiger partial charge is 0.377 e. The Morgan fingerprint density at radius 1 is 1.10 bits per heavy atom. The van der Waals surface area contributed by atoms with Crippen LogP contribution >= 0.6 is 0 Å². The molecule has 20 heavy (non-hydrogen) atoms. The minimum absolute atomic E-state index is 0.0243. The number of carbonyl (C=O) groups excluding carboxylic acids is 2. The van der Waals surface area contributed by atoms with Gasteiger partial charge < -0.3 is 15.0 Å². The zero-order valence-corrected chi connectivity index (χ0v) is 11.7. The molecule has 1 aliphatic heterocycles. The van der Waals surface area contributed by atoms with Crippen molar-refractivity contribution in [2.75, 3.05) is 19.8 Å². The molecule has 1 saturated heterocycles. The highest BCUT2D eigenvalue weighted by atomic mass is 16.5. The number of hydrogen-bond donors (Lipinski definition) is 1. The van der Waals surface area contributed by atoms with Gasteiger partial charge in [0.1, 0.15) is 6.04 Å². The van der Waals surface area contributed by atoms with Crippen LogP contribution in [0.5, 0.6) is 0 Å². The summed E-state index contributed by atoms with van der Waals surface area (Å²) in [5.74, 6) is 1.92. The van der Waals surface area contributed by atoms with E-state index in [0.29, 0.717) is 25.8 Å². The van der Waals surface area contributed by atoms with E-state index in [4.69, 9.17) is 4.74 Å². The standard InChI is InChI=1S/C15H22N2O3/c18-14(16-12-1-2-12)13-8-20-4-3-17(13)15(19)11-6-9-5-10(9)7-11/h9-13H,1-8H2,(H,16,18). The fourth-order valence-electron chi connectivity index (χ4n) is 3.76. The summed E-state index contributed by atoms with van der Waals surface area (Å²) < 4.78 is 5.42. The van der Waals surface area contributed by atoms with Gasteiger partial charge in [-0.05, 0) is 43.9 Å². The molecule has 3 unspecified atom stereocenters. The normalized spacial score (nSPS) is 39.3. The quantitative estimate of drug-likeness (QED) is 0.819. The number of fused-ring (bicyclic) bond motifs is 1. The smallest absolute Gasteiger partial charge is 0.245 e. The van der Waals surface area contributed by atoms with Crippen molar-refractivity contribution in [3.8, 4) is 0 Å². The number of rotatable bonds is 3. The van der Waals surface area contributed by atoms with Crippen molar-refractivity contribution in [1.82, 2.24) is 10.2 Å². The van der Waals surface area contributed by atoms with Crippen LogP contribution in [0.2, 0.25) is 0 Å². The first-order valence-electron chi connectivity index (χ1n) is 7.91. The Kier molecular flexibility index (Phi) is 2.98. The summed E-state index contributed by atoms with van der Waals surface area (Å²) in [5.41, 5.74) is 0. The van der Waals surface area contributed by atoms with Crippen molar-refractivity contribution >= 4 is 11.8 Å². The first kappa shape index (κ1) is 12.6. The predicted molar refractivity (Wildman–Crippen MR) is 71.8 cm³/mol. The van der Waals surface area contributed by atoms with E-state index >= 15 is 0 Å². The Hall–Kier alpha value is -1.10. The zero-order chi connectivity index (χ0) is 13.7. The molecule has 2 amide bonds. The monoisotopic (exact) mass is 278 g/mol. The van der Waals surface area contributed by atoms with E-state index in [1.54, 1.807) is 4.90 Å². The molecule has 1 N–H and O–H groups in total. The summed E-state index contributed by atoms with van der Waals surface area (Å²) >= 11 is 0. The van der Waals surface area contributed by atoms with Crippen LogP contribution < -0.4 is 5.32 Å². The van der Waals surface area contributed by atoms with Gasteiger partial charge in [0.15, 0.2) is 0 Å². The summed E-state index contributed by atoms with van der Waals surface area (Å²) in [6.07, 6.45) is 5.53. The van der Waals surface area contributed by atoms with Crippen LogP contribution in [0.3, 0.4) is 0 Å². The molecular weight excluding hydrogens is 256 g/mol. The van der Waals surface area contributed by atoms with Crippen molar-refractivity contribution in [2.45, 2.75) is 44.2 Å². The molecule has 0 aromatic heterocycles. The lowest BCUT2D eigenvalue weighted by Gasteiger charge is -2.36. The number of nitrogens with zero attached hydrogens (tertiary/aromatic N) is 1. The second-order valence-corrected chi connectivity index (χ2v) is 6.83. The fourth-order valence-corrected chi connectivity index (χ4v) is 3.76. The Morgan fingerprint density at radius 2 is 1.85 bits per heavy atom. The Balaban J connectivity index is 1.42. The van der Waals surface area contributed by atoms with Crippen molar-refractivity contribution < 1.29 is 14.3 Å². The van der Waals surface area contributed by atoms with Gasteiger partial charge in [0.05, 0.1) is 13.2 Å². The molecule has 3 atom stereocenters. The van der Waals surface area contributed by atoms with E-state index in [0.717, 1.165) is 37.5 Å². The lowest BCUT2D eigenvalue weighted by molar-refractivity contribution is -0.151. The van der Waals surface area contributed by atoms with Crippen LogP contribution in [-0.2, 0) is 14.3 Å². The maximum atomic E-state index is 12.7. The second-order valence-electron chi connectivity index (χ2n) is 6.83. The van der Waals surface area contributed by atoms with Crippen LogP contribution in [0.25, 0.3) is 0 Å². The molecule has 0 spiro atoms. The van der Waals surface area contributed by atoms with E-state index in [1.165, 1.54) is 6.42 Å². The highest BCUT2D eigenvalue weighted by Crippen LogP contribution is 2.54. The van der Waals surface area contributed by atoms with Crippen molar-refractivity contribution in [3.05, 3.63) is 0 Å². The number of ether oxygens (including phenoxy) is 1. The van der Waals surface area contributed by atoms with E-state index in [9.17, 15) is 9.59 Å². The molecule has 0 radical (unpaired) electrons. The highest BCUT2D eigenvalue weighted by Gasteiger charge is 2.50. The van der Waals surface area contributed by atoms with Gasteiger partial charge in [0.2, 0.25) is 11.8 Å². The molecule has 4 aliphatic rings. The average Bonchev–Trinajstić information content (AvgIpc) is 3.39. The SMILES string of the molecule is O=C(NC1CC1)C1COCCN1C(=O)C1CC2CC2C1. The Morgan fingerprint density at radius 3 is 2.55 bits per heavy atom. The third kappa shape index (κ3) is 2.32. The molecule has 0 bridgehead atoms. The molecule has 3 saturated carbocycles. The molecule has 4 fully saturated rings. The number of hydrogen-bond acceptors (Lipinski definition) is 3. The maximum Gasteiger partial charge on any atom is 0.245 e. The van der Waals surface area contributed by atoms with Gasteiger partial charge >= 0.3 is 0 Å². The Labute approximate surface area is 119 Å². The van der Waals surface area contributed by atoms with E-state index in [-0.39, 0.29) is 17.7 Å². The predicted octanol–water partition coefficient (Wildman–Crippen LogP) is 0.538. The molecule has 4 rings (SSSR count). The average molecular weight is 278 g/mol. The number of carbonyl (C=O) groups is 2. The van der Waals surface area contributed by atoms with Gasteiger partial charge in [0.25, 0.3) is 0 Å². The van der Waals surface area contributed by atoms with Crippen LogP contribution in [-0.4, -0.2) is 48.6 Å². The minimum atomic E-state index is -0.409. The summed E-state index contributed by atoms with van der Waals surface area (Å²) in [5, 5.41) is 3.00. The van der Waals surface area contributed by atoms with Gasteiger partial charge in [0, 0.05) is 18.5 Å². The first-order valence-corrected chi connectivity index (χ1v) is 7.91. The number of amides is 2. The lowest BCUT2D eigenvalue weighted by Crippen LogP contribution is -2.57. The third-order valence-corrected chi connectivity index (χ3v) is 5.23. The fraction of sp³-hybridized carbons (Fsp3) is 0.867. The van der Waals surface area contributed by atoms with E-state index < -0.39 is 6.04 Å². The molecular formula is C15H22N2O3. The summed E-state index contributed by atoms with van der Waals surface area (Å²) in [4.78, 5) is 26.7. The molecule has 110 valence electrons. The minimum Gasteiger partial charge on any atom is -0.377 e. The van der Waals surface area contributed by atoms with Gasteiger partial charge in [-0.3, -0.25) is 9.59 Å². The lowest BCUT2D eigenvalue weighted by atomic mass is 10.0. The molecule has 1 heterocycles. The molecule has 0 aromatic rings. The van der Waals surface area contributed by atoms with Gasteiger partial charge in [-0.2, -0.15) is 0 Å². The van der Waals surface area contributed by atoms with Crippen molar-refractivity contribution in [2.24, 2.45) is 17.8 Å². The van der Waals surface area contributed by atoms with Gasteiger partial charge in [-0.25, -0.2) is 0 Å². The van der Waals surface area contributed by atoms with Crippen LogP contribution in [0.15, 0.2) is 0 Å². The van der Waals surface area contributed by atoms with Crippen molar-refractivity contribution in [3.63, 3.8) is 0 Å². The van der Waals surface area contributed by atoms with Crippen LogP contribution in [0, 0.1) is 17.8 Å². The van der Waals surface area contributed by atoms with Crippen LogP contribution in [0.4, 0.5) is 0 Å². The third-order valence-electron chi connectivity index (χ3n) is 5.23. The summed E-state index contributed by atoms with van der Waals surface area (Å²) in [6.45, 7) is 1.47. The number of morpholine rings is 1. The van der Waals surface area contributed by atoms with Gasteiger partial charge in [-0.15, -0.1) is 0 Å². The molecule has 5 heteroatoms. The van der Waals surface area contributed by atoms with Gasteiger partial charge in [-0.1, -0.05) is 0 Å². The van der Waals surface area contributed by atoms with E-state index in [2.05, 4.69) is 5.32 Å². The first-order chi connectivity index (χ1) is 9.72. The second kappa shape index (κ2) is 4.72. The van der Waals surface area contributed by atoms with Crippen LogP contribution in [0.1, 0.15) is 32.1 Å². The number of nitrogens with one attached hydrogen (secondary N) is 1. The highest BCUT2D eigenvalue weighted by molar-refractivity contribution is 5.89. The topological polar surface area (TPSA) is 58.6 Å².